The third-order valence-corrected chi connectivity index (χ3v) is 2.79. The molecule has 2 N–H and O–H groups in total. The summed E-state index contributed by atoms with van der Waals surface area (Å²) in [5.74, 6) is 0.421. The fourth-order valence-electron chi connectivity index (χ4n) is 2.17. The van der Waals surface area contributed by atoms with E-state index >= 15 is 0 Å². The van der Waals surface area contributed by atoms with Gasteiger partial charge in [0.1, 0.15) is 5.54 Å². The van der Waals surface area contributed by atoms with Crippen LogP contribution in [0.3, 0.4) is 0 Å². The first-order valence-corrected chi connectivity index (χ1v) is 5.65. The molecule has 0 spiro atoms. The molecule has 0 amide bonds. The monoisotopic (exact) mass is 209 g/mol. The second-order valence-corrected chi connectivity index (χ2v) is 6.16. The number of nitrogens with zero attached hydrogens (tertiary/aromatic N) is 2. The molecule has 1 unspecified atom stereocenters. The normalized spacial score (nSPS) is 21.1. The summed E-state index contributed by atoms with van der Waals surface area (Å²) in [6.07, 6.45) is 2.24. The van der Waals surface area contributed by atoms with Crippen molar-refractivity contribution in [3.63, 3.8) is 0 Å². The molecule has 0 aromatic carbocycles. The van der Waals surface area contributed by atoms with Gasteiger partial charge in [-0.05, 0) is 31.2 Å². The Morgan fingerprint density at radius 1 is 1.33 bits per heavy atom. The quantitative estimate of drug-likeness (QED) is 0.765. The Morgan fingerprint density at radius 3 is 2.20 bits per heavy atom. The Bertz CT molecular complexity index is 257. The minimum Gasteiger partial charge on any atom is -0.312 e. The van der Waals surface area contributed by atoms with E-state index < -0.39 is 5.54 Å². The maximum Gasteiger partial charge on any atom is 0.119 e. The first-order chi connectivity index (χ1) is 6.77. The van der Waals surface area contributed by atoms with E-state index in [-0.39, 0.29) is 5.41 Å². The molecule has 0 heterocycles. The molecule has 3 heteroatoms. The molecule has 1 atom stereocenters. The predicted molar refractivity (Wildman–Crippen MR) is 62.2 cm³/mol. The zero-order valence-corrected chi connectivity index (χ0v) is 10.4. The van der Waals surface area contributed by atoms with Gasteiger partial charge in [0.25, 0.3) is 0 Å². The van der Waals surface area contributed by atoms with Crippen LogP contribution >= 0.6 is 0 Å². The fourth-order valence-corrected chi connectivity index (χ4v) is 2.17. The molecule has 1 aliphatic carbocycles. The van der Waals surface area contributed by atoms with Crippen LogP contribution in [0.1, 0.15) is 33.6 Å². The van der Waals surface area contributed by atoms with E-state index in [1.165, 1.54) is 0 Å². The molecule has 1 rings (SSSR count). The highest BCUT2D eigenvalue weighted by atomic mass is 15.1. The van der Waals surface area contributed by atoms with Crippen LogP contribution in [-0.4, -0.2) is 30.6 Å². The summed E-state index contributed by atoms with van der Waals surface area (Å²) < 4.78 is 0. The van der Waals surface area contributed by atoms with Gasteiger partial charge < -0.3 is 10.6 Å². The maximum atomic E-state index is 9.14. The lowest BCUT2D eigenvalue weighted by Crippen LogP contribution is -2.51. The second-order valence-electron chi connectivity index (χ2n) is 6.16. The Labute approximate surface area is 93.2 Å². The van der Waals surface area contributed by atoms with Crippen molar-refractivity contribution >= 4 is 0 Å². The van der Waals surface area contributed by atoms with E-state index in [1.807, 2.05) is 7.05 Å². The van der Waals surface area contributed by atoms with Crippen LogP contribution < -0.4 is 5.73 Å². The average Bonchev–Trinajstić information content (AvgIpc) is 2.81. The summed E-state index contributed by atoms with van der Waals surface area (Å²) >= 11 is 0. The van der Waals surface area contributed by atoms with Crippen molar-refractivity contribution < 1.29 is 0 Å². The highest BCUT2D eigenvalue weighted by Gasteiger charge is 2.43. The molecule has 0 radical (unpaired) electrons. The fraction of sp³-hybridized carbons (Fsp3) is 0.917. The summed E-state index contributed by atoms with van der Waals surface area (Å²) in [5.41, 5.74) is 5.75. The molecule has 15 heavy (non-hydrogen) atoms. The predicted octanol–water partition coefficient (Wildman–Crippen LogP) is 1.60. The van der Waals surface area contributed by atoms with Gasteiger partial charge in [-0.2, -0.15) is 5.26 Å². The van der Waals surface area contributed by atoms with Gasteiger partial charge in [0.15, 0.2) is 0 Å². The molecule has 0 bridgehead atoms. The topological polar surface area (TPSA) is 53.0 Å². The van der Waals surface area contributed by atoms with E-state index in [0.717, 1.165) is 19.4 Å². The Morgan fingerprint density at radius 2 is 1.87 bits per heavy atom. The average molecular weight is 209 g/mol. The van der Waals surface area contributed by atoms with Crippen molar-refractivity contribution in [3.8, 4) is 6.07 Å². The smallest absolute Gasteiger partial charge is 0.119 e. The van der Waals surface area contributed by atoms with Gasteiger partial charge in [-0.15, -0.1) is 0 Å². The third kappa shape index (κ3) is 3.81. The minimum atomic E-state index is -0.625. The lowest BCUT2D eigenvalue weighted by molar-refractivity contribution is 0.194. The number of nitriles is 1. The largest absolute Gasteiger partial charge is 0.312 e. The van der Waals surface area contributed by atoms with Gasteiger partial charge in [0, 0.05) is 13.1 Å². The van der Waals surface area contributed by atoms with Gasteiger partial charge in [0.2, 0.25) is 0 Å². The summed E-state index contributed by atoms with van der Waals surface area (Å²) in [6.45, 7) is 8.26. The van der Waals surface area contributed by atoms with Gasteiger partial charge >= 0.3 is 0 Å². The highest BCUT2D eigenvalue weighted by molar-refractivity contribution is 5.14. The summed E-state index contributed by atoms with van der Waals surface area (Å²) in [7, 11) is 2.05. The molecule has 0 saturated heterocycles. The Hall–Kier alpha value is -0.590. The highest BCUT2D eigenvalue weighted by Crippen LogP contribution is 2.38. The van der Waals surface area contributed by atoms with Crippen LogP contribution in [0.25, 0.3) is 0 Å². The molecule has 1 saturated carbocycles. The van der Waals surface area contributed by atoms with Crippen LogP contribution in [0, 0.1) is 22.7 Å². The maximum absolute atomic E-state index is 9.14. The SMILES string of the molecule is CN(CC(C)(C)C)CC(N)(C#N)C1CC1. The number of hydrogen-bond donors (Lipinski definition) is 1. The van der Waals surface area contributed by atoms with Gasteiger partial charge in [0.05, 0.1) is 6.07 Å². The molecule has 86 valence electrons. The molecule has 0 aliphatic heterocycles. The third-order valence-electron chi connectivity index (χ3n) is 2.79. The van der Waals surface area contributed by atoms with Crippen molar-refractivity contribution in [2.24, 2.45) is 17.1 Å². The van der Waals surface area contributed by atoms with Crippen molar-refractivity contribution in [1.82, 2.24) is 4.90 Å². The molecular weight excluding hydrogens is 186 g/mol. The first kappa shape index (κ1) is 12.5. The van der Waals surface area contributed by atoms with Crippen LogP contribution in [0.2, 0.25) is 0 Å². The molecule has 1 fully saturated rings. The summed E-state index contributed by atoms with van der Waals surface area (Å²) in [6, 6.07) is 2.29. The zero-order valence-electron chi connectivity index (χ0n) is 10.4. The zero-order chi connectivity index (χ0) is 11.7. The van der Waals surface area contributed by atoms with Crippen LogP contribution in [0.5, 0.6) is 0 Å². The van der Waals surface area contributed by atoms with Gasteiger partial charge in [-0.3, -0.25) is 0 Å². The number of likely N-dealkylation sites (N-methyl/N-ethyl adjacent to an activating group) is 1. The standard InChI is InChI=1S/C12H23N3/c1-11(2,3)8-15(4)9-12(14,7-13)10-5-6-10/h10H,5-6,8-9,14H2,1-4H3. The van der Waals surface area contributed by atoms with Crippen LogP contribution in [-0.2, 0) is 0 Å². The molecule has 1 aliphatic rings. The second kappa shape index (κ2) is 4.11. The van der Waals surface area contributed by atoms with Crippen LogP contribution in [0.15, 0.2) is 0 Å². The van der Waals surface area contributed by atoms with Crippen molar-refractivity contribution in [1.29, 1.82) is 5.26 Å². The Kier molecular flexibility index (Phi) is 3.42. The van der Waals surface area contributed by atoms with E-state index in [9.17, 15) is 0 Å². The van der Waals surface area contributed by atoms with E-state index in [2.05, 4.69) is 31.7 Å². The molecule has 0 aromatic rings. The summed E-state index contributed by atoms with van der Waals surface area (Å²) in [4.78, 5) is 2.18. The van der Waals surface area contributed by atoms with E-state index in [4.69, 9.17) is 11.0 Å². The van der Waals surface area contributed by atoms with E-state index in [1.54, 1.807) is 0 Å². The summed E-state index contributed by atoms with van der Waals surface area (Å²) in [5, 5.41) is 9.14. The van der Waals surface area contributed by atoms with Gasteiger partial charge in [-0.1, -0.05) is 20.8 Å². The van der Waals surface area contributed by atoms with Crippen molar-refractivity contribution in [2.75, 3.05) is 20.1 Å². The number of rotatable bonds is 4. The lowest BCUT2D eigenvalue weighted by Gasteiger charge is -2.32. The molecular formula is C12H23N3. The van der Waals surface area contributed by atoms with Crippen molar-refractivity contribution in [3.05, 3.63) is 0 Å². The first-order valence-electron chi connectivity index (χ1n) is 5.65. The molecule has 3 nitrogen and oxygen atoms in total. The lowest BCUT2D eigenvalue weighted by atomic mass is 9.92. The minimum absolute atomic E-state index is 0.259. The number of nitrogens with two attached hydrogens (primary N) is 1. The Balaban J connectivity index is 2.49. The molecule has 0 aromatic heterocycles. The van der Waals surface area contributed by atoms with E-state index in [0.29, 0.717) is 12.5 Å². The van der Waals surface area contributed by atoms with Crippen LogP contribution in [0.4, 0.5) is 0 Å². The van der Waals surface area contributed by atoms with Crippen molar-refractivity contribution in [2.45, 2.75) is 39.2 Å². The number of hydrogen-bond acceptors (Lipinski definition) is 3. The van der Waals surface area contributed by atoms with Gasteiger partial charge in [-0.25, -0.2) is 0 Å².